The minimum Gasteiger partial charge on any atom is -0.497 e. The number of methoxy groups -OCH3 is 1. The number of anilines is 1. The summed E-state index contributed by atoms with van der Waals surface area (Å²) in [6.45, 7) is 2.88. The molecule has 0 spiro atoms. The van der Waals surface area contributed by atoms with E-state index in [1.54, 1.807) is 55.6 Å². The van der Waals surface area contributed by atoms with E-state index >= 15 is 0 Å². The molecule has 0 aliphatic carbocycles. The van der Waals surface area contributed by atoms with Crippen LogP contribution in [-0.2, 0) is 14.3 Å². The van der Waals surface area contributed by atoms with Gasteiger partial charge >= 0.3 is 5.97 Å². The molecule has 0 saturated heterocycles. The van der Waals surface area contributed by atoms with Crippen LogP contribution in [0.4, 0.5) is 5.69 Å². The molecule has 0 saturated carbocycles. The first-order valence-electron chi connectivity index (χ1n) is 11.1. The lowest BCUT2D eigenvalue weighted by molar-refractivity contribution is -0.153. The van der Waals surface area contributed by atoms with Crippen molar-refractivity contribution in [2.75, 3.05) is 19.0 Å². The van der Waals surface area contributed by atoms with E-state index < -0.39 is 24.6 Å². The van der Waals surface area contributed by atoms with Crippen molar-refractivity contribution in [1.82, 2.24) is 5.32 Å². The number of benzene rings is 3. The van der Waals surface area contributed by atoms with Crippen LogP contribution in [0.2, 0.25) is 0 Å². The first-order valence-corrected chi connectivity index (χ1v) is 11.1. The van der Waals surface area contributed by atoms with Gasteiger partial charge in [0.05, 0.1) is 24.4 Å². The highest BCUT2D eigenvalue weighted by Gasteiger charge is 2.20. The van der Waals surface area contributed by atoms with Crippen molar-refractivity contribution in [3.63, 3.8) is 0 Å². The maximum absolute atomic E-state index is 12.8. The van der Waals surface area contributed by atoms with Gasteiger partial charge in [-0.1, -0.05) is 42.5 Å². The monoisotopic (exact) mass is 476 g/mol. The molecule has 3 rings (SSSR count). The van der Waals surface area contributed by atoms with Crippen LogP contribution in [0.3, 0.4) is 0 Å². The van der Waals surface area contributed by atoms with E-state index in [2.05, 4.69) is 10.6 Å². The van der Waals surface area contributed by atoms with Crippen LogP contribution >= 0.6 is 0 Å². The topological polar surface area (TPSA) is 103 Å². The van der Waals surface area contributed by atoms with Gasteiger partial charge in [-0.15, -0.1) is 0 Å². The Morgan fingerprint density at radius 2 is 1.46 bits per heavy atom. The molecule has 0 heterocycles. The maximum atomic E-state index is 12.8. The van der Waals surface area contributed by atoms with Crippen LogP contribution in [0.5, 0.6) is 11.5 Å². The zero-order valence-corrected chi connectivity index (χ0v) is 19.8. The molecule has 35 heavy (non-hydrogen) atoms. The minimum atomic E-state index is -0.922. The highest BCUT2D eigenvalue weighted by molar-refractivity contribution is 6.04. The number of carbonyl (C=O) groups is 3. The summed E-state index contributed by atoms with van der Waals surface area (Å²) in [4.78, 5) is 37.5. The number of hydrogen-bond donors (Lipinski definition) is 2. The summed E-state index contributed by atoms with van der Waals surface area (Å²) in [5, 5.41) is 5.55. The third-order valence-corrected chi connectivity index (χ3v) is 5.14. The molecule has 0 aliphatic rings. The lowest BCUT2D eigenvalue weighted by Crippen LogP contribution is -2.31. The van der Waals surface area contributed by atoms with Gasteiger partial charge in [-0.25, -0.2) is 4.79 Å². The predicted molar refractivity (Wildman–Crippen MR) is 131 cm³/mol. The first kappa shape index (κ1) is 25.3. The van der Waals surface area contributed by atoms with Crippen LogP contribution in [0, 0.1) is 0 Å². The Hall–Kier alpha value is -4.33. The molecule has 0 fully saturated rings. The minimum absolute atomic E-state index is 0.222. The number of nitrogens with one attached hydrogen (secondary N) is 2. The fraction of sp³-hybridized carbons (Fsp3) is 0.222. The highest BCUT2D eigenvalue weighted by atomic mass is 16.6. The lowest BCUT2D eigenvalue weighted by Gasteiger charge is -2.17. The van der Waals surface area contributed by atoms with Gasteiger partial charge in [0.2, 0.25) is 0 Å². The first-order chi connectivity index (χ1) is 16.9. The second kappa shape index (κ2) is 12.2. The number of ether oxygens (including phenoxy) is 3. The largest absolute Gasteiger partial charge is 0.497 e. The summed E-state index contributed by atoms with van der Waals surface area (Å²) in [6, 6.07) is 22.7. The Bertz CT molecular complexity index is 1150. The van der Waals surface area contributed by atoms with Gasteiger partial charge in [0.15, 0.2) is 12.7 Å². The number of hydrogen-bond acceptors (Lipinski definition) is 6. The van der Waals surface area contributed by atoms with Crippen LogP contribution in [-0.4, -0.2) is 37.6 Å². The normalized spacial score (nSPS) is 12.1. The van der Waals surface area contributed by atoms with Crippen LogP contribution in [0.1, 0.15) is 35.8 Å². The van der Waals surface area contributed by atoms with Gasteiger partial charge in [-0.3, -0.25) is 9.59 Å². The Morgan fingerprint density at radius 3 is 2.14 bits per heavy atom. The van der Waals surface area contributed by atoms with Crippen molar-refractivity contribution >= 4 is 23.5 Å². The molecule has 0 radical (unpaired) electrons. The van der Waals surface area contributed by atoms with Crippen molar-refractivity contribution in [2.45, 2.75) is 26.0 Å². The predicted octanol–water partition coefficient (Wildman–Crippen LogP) is 4.14. The van der Waals surface area contributed by atoms with Gasteiger partial charge in [-0.2, -0.15) is 0 Å². The standard InChI is InChI=1S/C27H28N2O6/c1-18(20-9-5-4-6-10-20)28-26(31)23-11-7-8-12-24(23)29-25(30)17-34-27(32)19(2)35-22-15-13-21(33-3)14-16-22/h4-16,18-19H,17H2,1-3H3,(H,28,31)(H,29,30). The molecule has 0 aliphatic heterocycles. The second-order valence-corrected chi connectivity index (χ2v) is 7.74. The molecule has 2 atom stereocenters. The summed E-state index contributed by atoms with van der Waals surface area (Å²) < 4.78 is 15.7. The van der Waals surface area contributed by atoms with Crippen molar-refractivity contribution in [2.24, 2.45) is 0 Å². The average Bonchev–Trinajstić information content (AvgIpc) is 2.88. The van der Waals surface area contributed by atoms with E-state index in [9.17, 15) is 14.4 Å². The van der Waals surface area contributed by atoms with Crippen molar-refractivity contribution in [3.8, 4) is 11.5 Å². The molecule has 182 valence electrons. The van der Waals surface area contributed by atoms with Crippen LogP contribution < -0.4 is 20.1 Å². The van der Waals surface area contributed by atoms with Gasteiger partial charge in [0, 0.05) is 0 Å². The summed E-state index contributed by atoms with van der Waals surface area (Å²) in [7, 11) is 1.55. The Labute approximate surface area is 204 Å². The summed E-state index contributed by atoms with van der Waals surface area (Å²) in [6.07, 6.45) is -0.922. The van der Waals surface area contributed by atoms with E-state index in [4.69, 9.17) is 14.2 Å². The number of amides is 2. The van der Waals surface area contributed by atoms with Gasteiger partial charge in [0.1, 0.15) is 11.5 Å². The molecule has 2 amide bonds. The molecular weight excluding hydrogens is 448 g/mol. The third-order valence-electron chi connectivity index (χ3n) is 5.14. The van der Waals surface area contributed by atoms with Crippen molar-refractivity contribution < 1.29 is 28.6 Å². The molecule has 2 unspecified atom stereocenters. The van der Waals surface area contributed by atoms with Crippen molar-refractivity contribution in [3.05, 3.63) is 90.0 Å². The quantitative estimate of drug-likeness (QED) is 0.427. The summed E-state index contributed by atoms with van der Waals surface area (Å²) in [5.74, 6) is -0.488. The Kier molecular flexibility index (Phi) is 8.83. The molecule has 0 aromatic heterocycles. The zero-order valence-electron chi connectivity index (χ0n) is 19.8. The van der Waals surface area contributed by atoms with Crippen LogP contribution in [0.25, 0.3) is 0 Å². The molecule has 8 nitrogen and oxygen atoms in total. The third kappa shape index (κ3) is 7.33. The maximum Gasteiger partial charge on any atom is 0.347 e. The summed E-state index contributed by atoms with van der Waals surface area (Å²) >= 11 is 0. The number of para-hydroxylation sites is 1. The highest BCUT2D eigenvalue weighted by Crippen LogP contribution is 2.19. The number of rotatable bonds is 10. The van der Waals surface area contributed by atoms with E-state index in [-0.39, 0.29) is 11.9 Å². The van der Waals surface area contributed by atoms with E-state index in [0.29, 0.717) is 22.7 Å². The molecule has 3 aromatic carbocycles. The second-order valence-electron chi connectivity index (χ2n) is 7.74. The smallest absolute Gasteiger partial charge is 0.347 e. The Balaban J connectivity index is 1.53. The SMILES string of the molecule is COc1ccc(OC(C)C(=O)OCC(=O)Nc2ccccc2C(=O)NC(C)c2ccccc2)cc1. The Morgan fingerprint density at radius 1 is 0.829 bits per heavy atom. The molecule has 0 bridgehead atoms. The molecule has 8 heteroatoms. The lowest BCUT2D eigenvalue weighted by atomic mass is 10.1. The summed E-state index contributed by atoms with van der Waals surface area (Å²) in [5.41, 5.74) is 1.57. The van der Waals surface area contributed by atoms with Gasteiger partial charge < -0.3 is 24.8 Å². The van der Waals surface area contributed by atoms with E-state index in [0.717, 1.165) is 5.56 Å². The van der Waals surface area contributed by atoms with E-state index in [1.807, 2.05) is 37.3 Å². The molecule has 2 N–H and O–H groups in total. The zero-order chi connectivity index (χ0) is 25.2. The van der Waals surface area contributed by atoms with Gasteiger partial charge in [-0.05, 0) is 55.8 Å². The molecular formula is C27H28N2O6. The average molecular weight is 477 g/mol. The fourth-order valence-corrected chi connectivity index (χ4v) is 3.24. The van der Waals surface area contributed by atoms with Crippen LogP contribution in [0.15, 0.2) is 78.9 Å². The molecule has 3 aromatic rings. The van der Waals surface area contributed by atoms with E-state index in [1.165, 1.54) is 6.92 Å². The number of carbonyl (C=O) groups excluding carboxylic acids is 3. The van der Waals surface area contributed by atoms with Gasteiger partial charge in [0.25, 0.3) is 11.8 Å². The van der Waals surface area contributed by atoms with Crippen molar-refractivity contribution in [1.29, 1.82) is 0 Å². The number of esters is 1. The fourth-order valence-electron chi connectivity index (χ4n) is 3.24.